The van der Waals surface area contributed by atoms with Crippen LogP contribution in [0.3, 0.4) is 0 Å². The fourth-order valence-electron chi connectivity index (χ4n) is 14.1. The number of anilines is 3. The van der Waals surface area contributed by atoms with Gasteiger partial charge in [0.15, 0.2) is 23.0 Å². The molecule has 6 aliphatic rings. The van der Waals surface area contributed by atoms with Crippen molar-refractivity contribution in [1.82, 2.24) is 0 Å². The lowest BCUT2D eigenvalue weighted by atomic mass is 9.76. The Bertz CT molecular complexity index is 3900. The van der Waals surface area contributed by atoms with Crippen LogP contribution in [0.15, 0.2) is 146 Å². The van der Waals surface area contributed by atoms with E-state index in [-0.39, 0.29) is 33.5 Å². The molecule has 0 bridgehead atoms. The van der Waals surface area contributed by atoms with Gasteiger partial charge in [-0.2, -0.15) is 0 Å². The molecule has 420 valence electrons. The quantitative estimate of drug-likeness (QED) is 0.0880. The molecule has 17 heteroatoms. The number of rotatable bonds is 11. The Hall–Kier alpha value is -9.64. The van der Waals surface area contributed by atoms with Crippen LogP contribution in [0.5, 0.6) is 28.7 Å². The molecule has 3 atom stereocenters. The van der Waals surface area contributed by atoms with E-state index < -0.39 is 43.3 Å². The molecule has 0 saturated carbocycles. The highest BCUT2D eigenvalue weighted by molar-refractivity contribution is 5.79. The molecule has 13 rings (SSSR count). The summed E-state index contributed by atoms with van der Waals surface area (Å²) in [6.45, 7) is 15.8. The smallest absolute Gasteiger partial charge is 0.274 e. The van der Waals surface area contributed by atoms with Crippen LogP contribution in [0, 0.1) is 37.3 Å². The highest BCUT2D eigenvalue weighted by Gasteiger charge is 2.62. The van der Waals surface area contributed by atoms with Crippen molar-refractivity contribution >= 4 is 52.4 Å². The van der Waals surface area contributed by atoms with Gasteiger partial charge in [-0.1, -0.05) is 72.8 Å². The van der Waals surface area contributed by atoms with Crippen molar-refractivity contribution in [1.29, 1.82) is 0 Å². The number of ether oxygens (including phenoxy) is 5. The number of aryl methyl sites for hydroxylation is 1. The number of nitrogens with zero attached hydrogens (tertiary/aromatic N) is 6. The summed E-state index contributed by atoms with van der Waals surface area (Å²) in [5.41, 5.74) is 5.48. The zero-order chi connectivity index (χ0) is 58.3. The van der Waals surface area contributed by atoms with Crippen molar-refractivity contribution in [2.75, 3.05) is 28.9 Å². The summed E-state index contributed by atoms with van der Waals surface area (Å²) >= 11 is 0. The second-order valence-electron chi connectivity index (χ2n) is 23.8. The number of methoxy groups -OCH3 is 2. The summed E-state index contributed by atoms with van der Waals surface area (Å²) in [5, 5.41) is 36.4. The van der Waals surface area contributed by atoms with Gasteiger partial charge in [0.1, 0.15) is 5.75 Å². The molecule has 0 aliphatic carbocycles. The number of fused-ring (bicyclic) bond motifs is 6. The number of non-ortho nitro benzene ring substituents is 3. The Morgan fingerprint density at radius 3 is 1.06 bits per heavy atom. The Morgan fingerprint density at radius 2 is 0.735 bits per heavy atom. The average molecular weight is 1110 g/mol. The van der Waals surface area contributed by atoms with Crippen molar-refractivity contribution in [3.8, 4) is 28.7 Å². The minimum atomic E-state index is -1.17. The van der Waals surface area contributed by atoms with Crippen LogP contribution < -0.4 is 38.4 Å². The van der Waals surface area contributed by atoms with Crippen LogP contribution in [-0.2, 0) is 35.9 Å². The van der Waals surface area contributed by atoms with E-state index >= 15 is 0 Å². The van der Waals surface area contributed by atoms with Gasteiger partial charge < -0.3 is 38.4 Å². The minimum absolute atomic E-state index is 0.0138. The monoisotopic (exact) mass is 1110 g/mol. The largest absolute Gasteiger partial charge is 0.493 e. The molecule has 83 heavy (non-hydrogen) atoms. The molecule has 17 nitrogen and oxygen atoms in total. The summed E-state index contributed by atoms with van der Waals surface area (Å²) in [7, 11) is 2.97. The first-order valence-corrected chi connectivity index (χ1v) is 27.5. The molecule has 0 amide bonds. The summed E-state index contributed by atoms with van der Waals surface area (Å²) in [5.74, 6) is 1.84. The number of hydrogen-bond acceptors (Lipinski definition) is 14. The van der Waals surface area contributed by atoms with Gasteiger partial charge >= 0.3 is 0 Å². The zero-order valence-corrected chi connectivity index (χ0v) is 47.4. The van der Waals surface area contributed by atoms with E-state index in [0.717, 1.165) is 50.4 Å². The lowest BCUT2D eigenvalue weighted by Crippen LogP contribution is -2.59. The topological polar surface area (TPSA) is 185 Å². The van der Waals surface area contributed by atoms with Crippen molar-refractivity contribution in [2.45, 2.75) is 102 Å². The van der Waals surface area contributed by atoms with Gasteiger partial charge in [0.25, 0.3) is 17.1 Å². The van der Waals surface area contributed by atoms with Crippen LogP contribution in [0.2, 0.25) is 0 Å². The van der Waals surface area contributed by atoms with Gasteiger partial charge in [-0.3, -0.25) is 30.3 Å². The van der Waals surface area contributed by atoms with Gasteiger partial charge in [0.05, 0.1) is 57.4 Å². The van der Waals surface area contributed by atoms with Gasteiger partial charge in [-0.05, 0) is 142 Å². The Labute approximate surface area is 479 Å². The van der Waals surface area contributed by atoms with E-state index in [4.69, 9.17) is 23.7 Å². The molecule has 7 aromatic rings. The maximum Gasteiger partial charge on any atom is 0.274 e. The Balaban J connectivity index is 0.985. The van der Waals surface area contributed by atoms with Crippen LogP contribution in [0.4, 0.5) is 34.1 Å². The highest BCUT2D eigenvalue weighted by atomic mass is 16.6. The van der Waals surface area contributed by atoms with Crippen LogP contribution in [0.1, 0.15) is 97.2 Å². The lowest BCUT2D eigenvalue weighted by Gasteiger charge is -2.48. The van der Waals surface area contributed by atoms with Crippen molar-refractivity contribution in [3.05, 3.63) is 232 Å². The van der Waals surface area contributed by atoms with E-state index in [9.17, 15) is 30.3 Å². The second-order valence-corrected chi connectivity index (χ2v) is 23.8. The van der Waals surface area contributed by atoms with E-state index in [2.05, 4.69) is 111 Å². The highest BCUT2D eigenvalue weighted by Crippen LogP contribution is 2.60. The van der Waals surface area contributed by atoms with Gasteiger partial charge in [0.2, 0.25) is 17.2 Å². The van der Waals surface area contributed by atoms with Crippen LogP contribution in [-0.4, -0.2) is 46.2 Å². The molecule has 7 aromatic carbocycles. The van der Waals surface area contributed by atoms with Crippen LogP contribution >= 0.6 is 0 Å². The van der Waals surface area contributed by atoms with E-state index in [1.54, 1.807) is 12.1 Å². The first kappa shape index (κ1) is 52.7. The maximum absolute atomic E-state index is 12.2. The molecular weight excluding hydrogens is 1050 g/mol. The average Bonchev–Trinajstić information content (AvgIpc) is 1.97. The van der Waals surface area contributed by atoms with Gasteiger partial charge in [-0.25, -0.2) is 0 Å². The molecule has 0 radical (unpaired) electrons. The first-order chi connectivity index (χ1) is 39.6. The van der Waals surface area contributed by atoms with Gasteiger partial charge in [0, 0.05) is 77.7 Å². The summed E-state index contributed by atoms with van der Waals surface area (Å²) in [6.07, 6.45) is 11.8. The van der Waals surface area contributed by atoms with Crippen molar-refractivity contribution in [2.24, 2.45) is 0 Å². The fraction of sp³-hybridized carbons (Fsp3) is 0.273. The molecular formula is C66H60N6O11. The maximum atomic E-state index is 12.2. The van der Waals surface area contributed by atoms with Crippen LogP contribution in [0.25, 0.3) is 18.2 Å². The summed E-state index contributed by atoms with van der Waals surface area (Å²) < 4.78 is 33.7. The van der Waals surface area contributed by atoms with E-state index in [1.165, 1.54) is 38.5 Å². The fourth-order valence-corrected chi connectivity index (χ4v) is 14.1. The minimum Gasteiger partial charge on any atom is -0.493 e. The molecule has 3 spiro atoms. The number of nitro benzene ring substituents is 3. The normalized spacial score (nSPS) is 21.8. The van der Waals surface area contributed by atoms with Crippen molar-refractivity contribution in [3.63, 3.8) is 0 Å². The third-order valence-electron chi connectivity index (χ3n) is 18.4. The summed E-state index contributed by atoms with van der Waals surface area (Å²) in [4.78, 5) is 42.0. The molecule has 0 fully saturated rings. The van der Waals surface area contributed by atoms with Crippen molar-refractivity contribution < 1.29 is 38.5 Å². The number of para-hydroxylation sites is 3. The molecule has 0 aromatic heterocycles. The molecule has 6 aliphatic heterocycles. The predicted octanol–water partition coefficient (Wildman–Crippen LogP) is 14.0. The Morgan fingerprint density at radius 1 is 0.434 bits per heavy atom. The van der Waals surface area contributed by atoms with Gasteiger partial charge in [-0.15, -0.1) is 0 Å². The zero-order valence-electron chi connectivity index (χ0n) is 47.4. The Kier molecular flexibility index (Phi) is 11.5. The van der Waals surface area contributed by atoms with E-state index in [1.807, 2.05) is 79.8 Å². The number of hydrogen-bond donors (Lipinski definition) is 0. The SMILES string of the molecule is COc1cc([N+](=O)[O-])cc2c1OC1(C=C2)N(Cc2cc(CN3c4ccccc4C(C)(C)C34C=Cc3cc([N+](=O)[O-])cc(C)c3O4)cc(CN3c4ccccc4C(C)(C)C34C=Cc3cc([N+](=O)[O-])cc(OC)c3O4)c2)c2ccccc2C1(C)C. The predicted molar refractivity (Wildman–Crippen MR) is 318 cm³/mol. The first-order valence-electron chi connectivity index (χ1n) is 27.5. The molecule has 0 N–H and O–H groups in total. The summed E-state index contributed by atoms with van der Waals surface area (Å²) in [6, 6.07) is 40.5. The number of nitro groups is 3. The third kappa shape index (κ3) is 7.44. The second kappa shape index (κ2) is 18.2. The molecule has 3 unspecified atom stereocenters. The van der Waals surface area contributed by atoms with E-state index in [0.29, 0.717) is 59.1 Å². The lowest BCUT2D eigenvalue weighted by molar-refractivity contribution is -0.385. The molecule has 0 saturated heterocycles. The number of benzene rings is 7. The molecule has 6 heterocycles. The standard InChI is InChI=1S/C66H60N6O11/c1-40-28-47(70(73)74)32-44-22-25-64(81-58(40)44)61(2,3)50-16-10-13-19-53(50)67(64)37-41-29-42(38-68-54-20-14-11-17-51(54)62(4,5)65(68)26-23-45-33-48(71(75)76)35-56(79-8)59(45)82-65)31-43(30-41)39-69-55-21-15-12-18-52(55)63(6,7)66(69)27-24-46-34-49(72(77)78)36-57(80-9)60(46)83-66/h10-36H,37-39H2,1-9H3. The third-order valence-corrected chi connectivity index (χ3v) is 18.4.